The number of hydrogen-bond donors (Lipinski definition) is 1. The summed E-state index contributed by atoms with van der Waals surface area (Å²) in [6, 6.07) is 15.4. The van der Waals surface area contributed by atoms with E-state index in [1.165, 1.54) is 5.56 Å². The lowest BCUT2D eigenvalue weighted by Crippen LogP contribution is -2.49. The van der Waals surface area contributed by atoms with Crippen LogP contribution in [-0.4, -0.2) is 49.4 Å². The molecule has 2 aromatic rings. The maximum Gasteiger partial charge on any atom is 0.251 e. The molecule has 1 saturated heterocycles. The summed E-state index contributed by atoms with van der Waals surface area (Å²) in [5, 5.41) is 3.59. The first-order valence-corrected chi connectivity index (χ1v) is 10.8. The van der Waals surface area contributed by atoms with Crippen molar-refractivity contribution in [2.75, 3.05) is 37.6 Å². The number of benzene rings is 2. The van der Waals surface area contributed by atoms with Gasteiger partial charge in [-0.1, -0.05) is 56.6 Å². The van der Waals surface area contributed by atoms with Crippen LogP contribution in [0.2, 0.25) is 5.02 Å². The van der Waals surface area contributed by atoms with Gasteiger partial charge in [0.05, 0.1) is 10.7 Å². The minimum atomic E-state index is -0.146. The van der Waals surface area contributed by atoms with Gasteiger partial charge in [-0.2, -0.15) is 0 Å². The molecule has 0 radical (unpaired) electrons. The molecule has 30 heavy (non-hydrogen) atoms. The first kappa shape index (κ1) is 22.2. The van der Waals surface area contributed by atoms with Crippen LogP contribution in [0.15, 0.2) is 48.5 Å². The maximum atomic E-state index is 12.5. The SMILES string of the molecule is CC(C)(C)c1ccc(C(=O)NCCC(=O)N2CCN(c3ccccc3Cl)CC2)cc1. The topological polar surface area (TPSA) is 52.7 Å². The van der Waals surface area contributed by atoms with Crippen LogP contribution in [0, 0.1) is 0 Å². The molecule has 1 N–H and O–H groups in total. The highest BCUT2D eigenvalue weighted by atomic mass is 35.5. The summed E-state index contributed by atoms with van der Waals surface area (Å²) in [7, 11) is 0. The monoisotopic (exact) mass is 427 g/mol. The fourth-order valence-electron chi connectivity index (χ4n) is 3.57. The number of carbonyl (C=O) groups excluding carboxylic acids is 2. The van der Waals surface area contributed by atoms with Crippen molar-refractivity contribution in [1.29, 1.82) is 0 Å². The zero-order chi connectivity index (χ0) is 21.7. The third-order valence-corrected chi connectivity index (χ3v) is 5.78. The van der Waals surface area contributed by atoms with E-state index in [9.17, 15) is 9.59 Å². The quantitative estimate of drug-likeness (QED) is 0.781. The van der Waals surface area contributed by atoms with Crippen LogP contribution in [0.3, 0.4) is 0 Å². The van der Waals surface area contributed by atoms with Crippen LogP contribution in [0.1, 0.15) is 43.1 Å². The van der Waals surface area contributed by atoms with E-state index in [1.807, 2.05) is 53.4 Å². The molecule has 3 rings (SSSR count). The molecule has 1 heterocycles. The van der Waals surface area contributed by atoms with E-state index in [0.717, 1.165) is 23.8 Å². The Bertz CT molecular complexity index is 882. The highest BCUT2D eigenvalue weighted by molar-refractivity contribution is 6.33. The summed E-state index contributed by atoms with van der Waals surface area (Å²) in [4.78, 5) is 28.9. The fourth-order valence-corrected chi connectivity index (χ4v) is 3.82. The van der Waals surface area contributed by atoms with Gasteiger partial charge in [0.15, 0.2) is 0 Å². The Morgan fingerprint density at radius 1 is 0.967 bits per heavy atom. The average Bonchev–Trinajstić information content (AvgIpc) is 2.73. The normalized spacial score (nSPS) is 14.5. The van der Waals surface area contributed by atoms with E-state index in [1.54, 1.807) is 0 Å². The Kier molecular flexibility index (Phi) is 7.03. The molecule has 0 unspecified atom stereocenters. The standard InChI is InChI=1S/C24H30ClN3O2/c1-24(2,3)19-10-8-18(9-11-19)23(30)26-13-12-22(29)28-16-14-27(15-17-28)21-7-5-4-6-20(21)25/h4-11H,12-17H2,1-3H3,(H,26,30). The molecule has 0 spiro atoms. The first-order chi connectivity index (χ1) is 14.3. The molecule has 0 bridgehead atoms. The van der Waals surface area contributed by atoms with Crippen molar-refractivity contribution >= 4 is 29.1 Å². The van der Waals surface area contributed by atoms with Gasteiger partial charge in [0.1, 0.15) is 0 Å². The van der Waals surface area contributed by atoms with E-state index in [2.05, 4.69) is 31.0 Å². The lowest BCUT2D eigenvalue weighted by Gasteiger charge is -2.36. The van der Waals surface area contributed by atoms with Gasteiger partial charge in [-0.3, -0.25) is 9.59 Å². The summed E-state index contributed by atoms with van der Waals surface area (Å²) in [5.74, 6) is -0.0796. The van der Waals surface area contributed by atoms with Gasteiger partial charge in [-0.25, -0.2) is 0 Å². The Hall–Kier alpha value is -2.53. The van der Waals surface area contributed by atoms with E-state index >= 15 is 0 Å². The maximum absolute atomic E-state index is 12.5. The first-order valence-electron chi connectivity index (χ1n) is 10.4. The molecule has 1 aliphatic rings. The number of nitrogens with zero attached hydrogens (tertiary/aromatic N) is 2. The van der Waals surface area contributed by atoms with Crippen molar-refractivity contribution in [3.8, 4) is 0 Å². The molecule has 6 heteroatoms. The van der Waals surface area contributed by atoms with Crippen LogP contribution in [0.25, 0.3) is 0 Å². The predicted octanol–water partition coefficient (Wildman–Crippen LogP) is 4.11. The lowest BCUT2D eigenvalue weighted by atomic mass is 9.87. The summed E-state index contributed by atoms with van der Waals surface area (Å²) in [6.45, 7) is 9.58. The number of nitrogens with one attached hydrogen (secondary N) is 1. The number of piperazine rings is 1. The Balaban J connectivity index is 1.43. The molecule has 1 aliphatic heterocycles. The van der Waals surface area contributed by atoms with Gasteiger partial charge in [-0.15, -0.1) is 0 Å². The zero-order valence-corrected chi connectivity index (χ0v) is 18.7. The summed E-state index contributed by atoms with van der Waals surface area (Å²) in [5.41, 5.74) is 2.86. The number of amides is 2. The molecular formula is C24H30ClN3O2. The lowest BCUT2D eigenvalue weighted by molar-refractivity contribution is -0.131. The van der Waals surface area contributed by atoms with Crippen molar-refractivity contribution in [1.82, 2.24) is 10.2 Å². The Morgan fingerprint density at radius 2 is 1.60 bits per heavy atom. The van der Waals surface area contributed by atoms with Gasteiger partial charge < -0.3 is 15.1 Å². The van der Waals surface area contributed by atoms with Gasteiger partial charge in [0.2, 0.25) is 5.91 Å². The van der Waals surface area contributed by atoms with Crippen molar-refractivity contribution in [3.05, 3.63) is 64.7 Å². The van der Waals surface area contributed by atoms with E-state index in [4.69, 9.17) is 11.6 Å². The molecule has 160 valence electrons. The van der Waals surface area contributed by atoms with E-state index in [0.29, 0.717) is 31.6 Å². The molecule has 0 saturated carbocycles. The summed E-state index contributed by atoms with van der Waals surface area (Å²) >= 11 is 6.27. The average molecular weight is 428 g/mol. The van der Waals surface area contributed by atoms with Crippen LogP contribution >= 0.6 is 11.6 Å². The van der Waals surface area contributed by atoms with Gasteiger partial charge >= 0.3 is 0 Å². The van der Waals surface area contributed by atoms with Crippen LogP contribution in [-0.2, 0) is 10.2 Å². The smallest absolute Gasteiger partial charge is 0.251 e. The van der Waals surface area contributed by atoms with Crippen molar-refractivity contribution in [2.24, 2.45) is 0 Å². The highest BCUT2D eigenvalue weighted by Gasteiger charge is 2.22. The molecule has 2 aromatic carbocycles. The highest BCUT2D eigenvalue weighted by Crippen LogP contribution is 2.26. The zero-order valence-electron chi connectivity index (χ0n) is 18.0. The summed E-state index contributed by atoms with van der Waals surface area (Å²) < 4.78 is 0. The minimum Gasteiger partial charge on any atom is -0.367 e. The predicted molar refractivity (Wildman–Crippen MR) is 122 cm³/mol. The third kappa shape index (κ3) is 5.54. The molecule has 0 aromatic heterocycles. The van der Waals surface area contributed by atoms with Crippen molar-refractivity contribution in [3.63, 3.8) is 0 Å². The fraction of sp³-hybridized carbons (Fsp3) is 0.417. The number of carbonyl (C=O) groups is 2. The van der Waals surface area contributed by atoms with Crippen LogP contribution in [0.5, 0.6) is 0 Å². The molecular weight excluding hydrogens is 398 g/mol. The number of rotatable bonds is 5. The largest absolute Gasteiger partial charge is 0.367 e. The number of hydrogen-bond acceptors (Lipinski definition) is 3. The minimum absolute atomic E-state index is 0.0529. The molecule has 0 atom stereocenters. The van der Waals surface area contributed by atoms with E-state index in [-0.39, 0.29) is 17.2 Å². The second-order valence-electron chi connectivity index (χ2n) is 8.65. The second kappa shape index (κ2) is 9.52. The van der Waals surface area contributed by atoms with E-state index < -0.39 is 0 Å². The number of anilines is 1. The van der Waals surface area contributed by atoms with Gasteiger partial charge in [0, 0.05) is 44.7 Å². The van der Waals surface area contributed by atoms with Crippen LogP contribution in [0.4, 0.5) is 5.69 Å². The van der Waals surface area contributed by atoms with Gasteiger partial charge in [-0.05, 0) is 35.2 Å². The molecule has 0 aliphatic carbocycles. The molecule has 5 nitrogen and oxygen atoms in total. The van der Waals surface area contributed by atoms with Crippen molar-refractivity contribution in [2.45, 2.75) is 32.6 Å². The second-order valence-corrected chi connectivity index (χ2v) is 9.06. The number of para-hydroxylation sites is 1. The van der Waals surface area contributed by atoms with Gasteiger partial charge in [0.25, 0.3) is 5.91 Å². The Labute approximate surface area is 184 Å². The van der Waals surface area contributed by atoms with Crippen molar-refractivity contribution < 1.29 is 9.59 Å². The van der Waals surface area contributed by atoms with Crippen LogP contribution < -0.4 is 10.2 Å². The molecule has 1 fully saturated rings. The Morgan fingerprint density at radius 3 is 2.20 bits per heavy atom. The summed E-state index contributed by atoms with van der Waals surface area (Å²) in [6.07, 6.45) is 0.303. The molecule has 2 amide bonds. The number of halogens is 1. The third-order valence-electron chi connectivity index (χ3n) is 5.46.